The molecule has 29 heavy (non-hydrogen) atoms. The van der Waals surface area contributed by atoms with Gasteiger partial charge in [-0.1, -0.05) is 36.4 Å². The molecular weight excluding hydrogens is 368 g/mol. The second-order valence-corrected chi connectivity index (χ2v) is 6.57. The summed E-state index contributed by atoms with van der Waals surface area (Å²) < 4.78 is 0. The number of benzene rings is 3. The van der Waals surface area contributed by atoms with Crippen LogP contribution in [0.3, 0.4) is 0 Å². The number of hydrogen-bond donors (Lipinski definition) is 2. The lowest BCUT2D eigenvalue weighted by Crippen LogP contribution is -2.25. The summed E-state index contributed by atoms with van der Waals surface area (Å²) in [5.74, 6) is -0.747. The zero-order valence-electron chi connectivity index (χ0n) is 15.0. The van der Waals surface area contributed by atoms with Crippen molar-refractivity contribution in [2.45, 2.75) is 0 Å². The first kappa shape index (κ1) is 16.9. The Hall–Kier alpha value is -4.26. The van der Waals surface area contributed by atoms with Crippen molar-refractivity contribution < 1.29 is 14.7 Å². The van der Waals surface area contributed by atoms with Crippen LogP contribution in [0, 0.1) is 0 Å². The molecule has 5 rings (SSSR count). The molecule has 0 saturated carbocycles. The number of para-hydroxylation sites is 2. The fourth-order valence-electron chi connectivity index (χ4n) is 3.47. The second-order valence-electron chi connectivity index (χ2n) is 6.57. The lowest BCUT2D eigenvalue weighted by Gasteiger charge is -2.16. The van der Waals surface area contributed by atoms with Gasteiger partial charge in [0.1, 0.15) is 5.75 Å². The molecule has 7 nitrogen and oxygen atoms in total. The van der Waals surface area contributed by atoms with Crippen molar-refractivity contribution in [3.05, 3.63) is 83.9 Å². The van der Waals surface area contributed by atoms with Gasteiger partial charge < -0.3 is 10.4 Å². The van der Waals surface area contributed by atoms with Gasteiger partial charge in [-0.3, -0.25) is 14.5 Å². The number of nitrogens with zero attached hydrogens (tertiary/aromatic N) is 3. The van der Waals surface area contributed by atoms with Gasteiger partial charge in [0.2, 0.25) is 0 Å². The predicted octanol–water partition coefficient (Wildman–Crippen LogP) is 3.22. The molecule has 0 spiro atoms. The van der Waals surface area contributed by atoms with Crippen molar-refractivity contribution >= 4 is 40.3 Å². The van der Waals surface area contributed by atoms with Gasteiger partial charge in [0, 0.05) is 16.8 Å². The summed E-state index contributed by atoms with van der Waals surface area (Å²) in [7, 11) is 0. The zero-order valence-corrected chi connectivity index (χ0v) is 15.0. The van der Waals surface area contributed by atoms with E-state index in [1.807, 2.05) is 48.5 Å². The van der Waals surface area contributed by atoms with Crippen LogP contribution >= 0.6 is 0 Å². The van der Waals surface area contributed by atoms with Crippen LogP contribution in [0.2, 0.25) is 0 Å². The van der Waals surface area contributed by atoms with Gasteiger partial charge in [-0.25, -0.2) is 0 Å². The van der Waals surface area contributed by atoms with E-state index in [4.69, 9.17) is 0 Å². The molecule has 0 aromatic heterocycles. The molecule has 2 aliphatic heterocycles. The summed E-state index contributed by atoms with van der Waals surface area (Å²) in [6, 6.07) is 21.1. The van der Waals surface area contributed by atoms with Crippen LogP contribution in [0.25, 0.3) is 0 Å². The van der Waals surface area contributed by atoms with Gasteiger partial charge in [-0.05, 0) is 36.4 Å². The number of hydrogen-bond acceptors (Lipinski definition) is 5. The molecule has 2 N–H and O–H groups in total. The largest absolute Gasteiger partial charge is 0.508 e. The molecule has 0 radical (unpaired) electrons. The number of fused-ring (bicyclic) bond motifs is 2. The van der Waals surface area contributed by atoms with Gasteiger partial charge in [-0.2, -0.15) is 0 Å². The van der Waals surface area contributed by atoms with E-state index in [0.29, 0.717) is 22.5 Å². The summed E-state index contributed by atoms with van der Waals surface area (Å²) in [4.78, 5) is 27.0. The number of aromatic hydroxyl groups is 1. The number of nitrogens with one attached hydrogen (secondary N) is 1. The van der Waals surface area contributed by atoms with E-state index in [1.165, 1.54) is 12.1 Å². The average Bonchev–Trinajstić information content (AvgIpc) is 3.19. The van der Waals surface area contributed by atoms with Gasteiger partial charge >= 0.3 is 0 Å². The summed E-state index contributed by atoms with van der Waals surface area (Å²) in [6.07, 6.45) is 0. The molecule has 2 heterocycles. The quantitative estimate of drug-likeness (QED) is 0.526. The highest BCUT2D eigenvalue weighted by Crippen LogP contribution is 2.35. The average molecular weight is 382 g/mol. The maximum absolute atomic E-state index is 13.1. The van der Waals surface area contributed by atoms with Crippen LogP contribution in [0.1, 0.15) is 11.1 Å². The molecule has 7 heteroatoms. The van der Waals surface area contributed by atoms with Gasteiger partial charge in [-0.15, -0.1) is 10.2 Å². The molecule has 0 saturated heterocycles. The van der Waals surface area contributed by atoms with Crippen LogP contribution in [0.15, 0.2) is 83.0 Å². The highest BCUT2D eigenvalue weighted by atomic mass is 16.3. The lowest BCUT2D eigenvalue weighted by molar-refractivity contribution is -0.112. The van der Waals surface area contributed by atoms with Crippen LogP contribution in [-0.2, 0) is 9.59 Å². The number of carbonyl (C=O) groups is 2. The minimum atomic E-state index is -0.436. The maximum Gasteiger partial charge on any atom is 0.284 e. The number of phenolic OH excluding ortho intramolecular Hbond substituents is 1. The number of carbonyl (C=O) groups excluding carboxylic acids is 2. The topological polar surface area (TPSA) is 94.4 Å². The van der Waals surface area contributed by atoms with Gasteiger partial charge in [0.25, 0.3) is 11.8 Å². The third kappa shape index (κ3) is 2.68. The van der Waals surface area contributed by atoms with Crippen LogP contribution < -0.4 is 10.2 Å². The monoisotopic (exact) mass is 382 g/mol. The Morgan fingerprint density at radius 3 is 2.34 bits per heavy atom. The highest BCUT2D eigenvalue weighted by Gasteiger charge is 2.35. The minimum absolute atomic E-state index is 0.0122. The smallest absolute Gasteiger partial charge is 0.284 e. The normalized spacial score (nSPS) is 17.6. The fraction of sp³-hybridized carbons (Fsp3) is 0. The van der Waals surface area contributed by atoms with E-state index in [1.54, 1.807) is 17.0 Å². The number of amides is 2. The van der Waals surface area contributed by atoms with E-state index in [0.717, 1.165) is 5.69 Å². The van der Waals surface area contributed by atoms with E-state index in [-0.39, 0.29) is 23.1 Å². The third-order valence-corrected chi connectivity index (χ3v) is 4.79. The Labute approximate surface area is 165 Å². The van der Waals surface area contributed by atoms with Crippen LogP contribution in [-0.4, -0.2) is 28.3 Å². The molecule has 0 unspecified atom stereocenters. The van der Waals surface area contributed by atoms with Crippen molar-refractivity contribution in [3.8, 4) is 5.75 Å². The van der Waals surface area contributed by atoms with Crippen molar-refractivity contribution in [2.24, 2.45) is 10.2 Å². The Kier molecular flexibility index (Phi) is 3.74. The Bertz CT molecular complexity index is 1230. The van der Waals surface area contributed by atoms with E-state index in [2.05, 4.69) is 15.5 Å². The van der Waals surface area contributed by atoms with E-state index in [9.17, 15) is 14.7 Å². The maximum atomic E-state index is 13.1. The molecule has 3 aromatic rings. The lowest BCUT2D eigenvalue weighted by atomic mass is 10.1. The summed E-state index contributed by atoms with van der Waals surface area (Å²) >= 11 is 0. The molecule has 2 aliphatic rings. The molecule has 3 aromatic carbocycles. The second kappa shape index (κ2) is 6.42. The van der Waals surface area contributed by atoms with Gasteiger partial charge in [0.15, 0.2) is 11.4 Å². The minimum Gasteiger partial charge on any atom is -0.508 e. The Morgan fingerprint density at radius 2 is 1.52 bits per heavy atom. The van der Waals surface area contributed by atoms with Crippen molar-refractivity contribution in [3.63, 3.8) is 0 Å². The first-order valence-electron chi connectivity index (χ1n) is 8.93. The van der Waals surface area contributed by atoms with Crippen molar-refractivity contribution in [2.75, 3.05) is 10.2 Å². The third-order valence-electron chi connectivity index (χ3n) is 4.79. The number of phenols is 1. The molecular formula is C22H14N4O3. The first-order valence-corrected chi connectivity index (χ1v) is 8.93. The SMILES string of the molecule is O=C1Nc2ccc(O)cc2/C1=N/N=C1\C(=O)N(c2ccccc2)c2ccccc21. The number of rotatable bonds is 2. The summed E-state index contributed by atoms with van der Waals surface area (Å²) in [5.41, 5.74) is 3.24. The summed E-state index contributed by atoms with van der Waals surface area (Å²) in [6.45, 7) is 0. The van der Waals surface area contributed by atoms with Gasteiger partial charge in [0.05, 0.1) is 11.4 Å². The van der Waals surface area contributed by atoms with Crippen LogP contribution in [0.4, 0.5) is 17.1 Å². The Morgan fingerprint density at radius 1 is 0.793 bits per heavy atom. The number of anilines is 3. The molecule has 0 bridgehead atoms. The Balaban J connectivity index is 1.61. The standard InChI is InChI=1S/C22H14N4O3/c27-14-10-11-17-16(12-14)19(21(28)23-17)24-25-20-15-8-4-5-9-18(15)26(22(20)29)13-6-2-1-3-7-13/h1-12,27H,(H,23,24,28)/b25-20-. The van der Waals surface area contributed by atoms with E-state index < -0.39 is 5.91 Å². The zero-order chi connectivity index (χ0) is 20.0. The first-order chi connectivity index (χ1) is 14.1. The fourth-order valence-corrected chi connectivity index (χ4v) is 3.47. The molecule has 0 fully saturated rings. The summed E-state index contributed by atoms with van der Waals surface area (Å²) in [5, 5.41) is 20.6. The van der Waals surface area contributed by atoms with Crippen molar-refractivity contribution in [1.82, 2.24) is 0 Å². The molecule has 0 atom stereocenters. The molecule has 140 valence electrons. The predicted molar refractivity (Wildman–Crippen MR) is 110 cm³/mol. The van der Waals surface area contributed by atoms with Crippen molar-refractivity contribution in [1.29, 1.82) is 0 Å². The van der Waals surface area contributed by atoms with E-state index >= 15 is 0 Å². The molecule has 2 amide bonds. The molecule has 0 aliphatic carbocycles. The van der Waals surface area contributed by atoms with Crippen LogP contribution in [0.5, 0.6) is 5.75 Å². The highest BCUT2D eigenvalue weighted by molar-refractivity contribution is 6.56.